The third kappa shape index (κ3) is 1.77. The Morgan fingerprint density at radius 2 is 1.94 bits per heavy atom. The number of rotatable bonds is 1. The number of fused-ring (bicyclic) bond motifs is 3. The molecule has 0 saturated heterocycles. The normalized spacial score (nSPS) is 19.3. The molecule has 94 valence electrons. The second kappa shape index (κ2) is 4.62. The maximum Gasteiger partial charge on any atom is 0.127 e. The van der Waals surface area contributed by atoms with Gasteiger partial charge in [0.15, 0.2) is 0 Å². The highest BCUT2D eigenvalue weighted by molar-refractivity contribution is 5.92. The molecular formula is C16H19NO. The minimum Gasteiger partial charge on any atom is -0.496 e. The molecule has 3 rings (SSSR count). The Kier molecular flexibility index (Phi) is 2.96. The van der Waals surface area contributed by atoms with Gasteiger partial charge in [0, 0.05) is 11.4 Å². The number of hydrogen-bond donors (Lipinski definition) is 1. The fraction of sp³-hybridized carbons (Fsp3) is 0.375. The van der Waals surface area contributed by atoms with Crippen molar-refractivity contribution in [1.82, 2.24) is 0 Å². The van der Waals surface area contributed by atoms with Crippen LogP contribution in [0.15, 0.2) is 30.3 Å². The minimum atomic E-state index is 0.154. The number of ether oxygens (including phenoxy) is 1. The molecule has 0 spiro atoms. The van der Waals surface area contributed by atoms with E-state index in [1.165, 1.54) is 34.7 Å². The van der Waals surface area contributed by atoms with Gasteiger partial charge < -0.3 is 10.5 Å². The van der Waals surface area contributed by atoms with Crippen molar-refractivity contribution >= 4 is 10.8 Å². The van der Waals surface area contributed by atoms with Crippen LogP contribution < -0.4 is 10.5 Å². The highest BCUT2D eigenvalue weighted by Crippen LogP contribution is 2.37. The second-order valence-electron chi connectivity index (χ2n) is 5.04. The van der Waals surface area contributed by atoms with Gasteiger partial charge in [0.1, 0.15) is 5.75 Å². The lowest BCUT2D eigenvalue weighted by atomic mass is 9.93. The summed E-state index contributed by atoms with van der Waals surface area (Å²) in [5.74, 6) is 0.946. The van der Waals surface area contributed by atoms with Crippen LogP contribution in [-0.4, -0.2) is 7.11 Å². The van der Waals surface area contributed by atoms with Gasteiger partial charge in [0.25, 0.3) is 0 Å². The van der Waals surface area contributed by atoms with E-state index in [9.17, 15) is 0 Å². The van der Waals surface area contributed by atoms with E-state index in [1.807, 2.05) is 0 Å². The summed E-state index contributed by atoms with van der Waals surface area (Å²) in [4.78, 5) is 0. The van der Waals surface area contributed by atoms with Crippen molar-refractivity contribution in [2.24, 2.45) is 5.73 Å². The summed E-state index contributed by atoms with van der Waals surface area (Å²) >= 11 is 0. The van der Waals surface area contributed by atoms with Crippen LogP contribution in [0.5, 0.6) is 5.75 Å². The lowest BCUT2D eigenvalue weighted by molar-refractivity contribution is 0.418. The molecule has 0 radical (unpaired) electrons. The van der Waals surface area contributed by atoms with E-state index in [4.69, 9.17) is 10.5 Å². The smallest absolute Gasteiger partial charge is 0.127 e. The Morgan fingerprint density at radius 1 is 1.17 bits per heavy atom. The van der Waals surface area contributed by atoms with Gasteiger partial charge >= 0.3 is 0 Å². The molecule has 1 atom stereocenters. The molecule has 0 aliphatic heterocycles. The number of methoxy groups -OCH3 is 1. The summed E-state index contributed by atoms with van der Waals surface area (Å²) in [6, 6.07) is 10.8. The van der Waals surface area contributed by atoms with Crippen molar-refractivity contribution in [3.63, 3.8) is 0 Å². The van der Waals surface area contributed by atoms with Crippen LogP contribution in [0.2, 0.25) is 0 Å². The Balaban J connectivity index is 2.33. The van der Waals surface area contributed by atoms with Gasteiger partial charge in [0.05, 0.1) is 7.11 Å². The van der Waals surface area contributed by atoms with Gasteiger partial charge in [-0.25, -0.2) is 0 Å². The lowest BCUT2D eigenvalue weighted by Gasteiger charge is -2.17. The molecule has 2 N–H and O–H groups in total. The van der Waals surface area contributed by atoms with Crippen molar-refractivity contribution in [2.45, 2.75) is 31.7 Å². The van der Waals surface area contributed by atoms with Gasteiger partial charge in [-0.1, -0.05) is 30.7 Å². The summed E-state index contributed by atoms with van der Waals surface area (Å²) in [6.45, 7) is 0. The van der Waals surface area contributed by atoms with E-state index in [-0.39, 0.29) is 6.04 Å². The number of nitrogens with two attached hydrogens (primary N) is 1. The summed E-state index contributed by atoms with van der Waals surface area (Å²) in [5, 5.41) is 2.51. The Hall–Kier alpha value is -1.54. The van der Waals surface area contributed by atoms with Gasteiger partial charge in [0.2, 0.25) is 0 Å². The monoisotopic (exact) mass is 241 g/mol. The molecule has 0 aromatic heterocycles. The number of aryl methyl sites for hydroxylation is 1. The maximum atomic E-state index is 6.31. The highest BCUT2D eigenvalue weighted by atomic mass is 16.5. The molecule has 1 aliphatic carbocycles. The van der Waals surface area contributed by atoms with Gasteiger partial charge in [-0.2, -0.15) is 0 Å². The van der Waals surface area contributed by atoms with E-state index in [1.54, 1.807) is 7.11 Å². The zero-order chi connectivity index (χ0) is 12.5. The first-order valence-electron chi connectivity index (χ1n) is 6.65. The zero-order valence-corrected chi connectivity index (χ0v) is 10.8. The molecule has 0 bridgehead atoms. The molecule has 0 heterocycles. The zero-order valence-electron chi connectivity index (χ0n) is 10.8. The fourth-order valence-electron chi connectivity index (χ4n) is 3.02. The average Bonchev–Trinajstić information content (AvgIpc) is 2.60. The Labute approximate surface area is 108 Å². The van der Waals surface area contributed by atoms with Gasteiger partial charge in [-0.15, -0.1) is 0 Å². The first-order valence-corrected chi connectivity index (χ1v) is 6.65. The first-order chi connectivity index (χ1) is 8.81. The fourth-order valence-corrected chi connectivity index (χ4v) is 3.02. The van der Waals surface area contributed by atoms with Crippen molar-refractivity contribution < 1.29 is 4.74 Å². The summed E-state index contributed by atoms with van der Waals surface area (Å²) in [5.41, 5.74) is 9.01. The van der Waals surface area contributed by atoms with Crippen molar-refractivity contribution in [2.75, 3.05) is 7.11 Å². The van der Waals surface area contributed by atoms with E-state index >= 15 is 0 Å². The molecule has 0 unspecified atom stereocenters. The number of benzene rings is 2. The predicted octanol–water partition coefficient (Wildman–Crippen LogP) is 3.57. The van der Waals surface area contributed by atoms with E-state index in [0.29, 0.717) is 0 Å². The average molecular weight is 241 g/mol. The van der Waals surface area contributed by atoms with Crippen molar-refractivity contribution in [3.8, 4) is 5.75 Å². The molecule has 1 aliphatic rings. The quantitative estimate of drug-likeness (QED) is 0.775. The Morgan fingerprint density at radius 3 is 2.72 bits per heavy atom. The largest absolute Gasteiger partial charge is 0.496 e. The maximum absolute atomic E-state index is 6.31. The van der Waals surface area contributed by atoms with E-state index in [0.717, 1.165) is 18.6 Å². The third-order valence-corrected chi connectivity index (χ3v) is 3.96. The molecule has 0 saturated carbocycles. The first kappa shape index (κ1) is 11.5. The van der Waals surface area contributed by atoms with Crippen molar-refractivity contribution in [1.29, 1.82) is 0 Å². The standard InChI is InChI=1S/C16H19NO/c1-18-16-10-14-12(7-4-5-9-15(14)17)11-6-2-3-8-13(11)16/h2-3,6,8,10,15H,4-5,7,9,17H2,1H3/t15-/m0/s1. The molecule has 18 heavy (non-hydrogen) atoms. The van der Waals surface area contributed by atoms with Crippen LogP contribution in [0.1, 0.15) is 36.4 Å². The molecule has 2 aromatic carbocycles. The van der Waals surface area contributed by atoms with Crippen molar-refractivity contribution in [3.05, 3.63) is 41.5 Å². The van der Waals surface area contributed by atoms with Crippen LogP contribution in [0, 0.1) is 0 Å². The predicted molar refractivity (Wildman–Crippen MR) is 75.0 cm³/mol. The summed E-state index contributed by atoms with van der Waals surface area (Å²) in [7, 11) is 1.73. The van der Waals surface area contributed by atoms with Crippen LogP contribution >= 0.6 is 0 Å². The molecule has 0 fully saturated rings. The molecule has 2 nitrogen and oxygen atoms in total. The number of hydrogen-bond acceptors (Lipinski definition) is 2. The van der Waals surface area contributed by atoms with Crippen LogP contribution in [0.25, 0.3) is 10.8 Å². The lowest BCUT2D eigenvalue weighted by Crippen LogP contribution is -2.11. The topological polar surface area (TPSA) is 35.2 Å². The summed E-state index contributed by atoms with van der Waals surface area (Å²) < 4.78 is 5.53. The van der Waals surface area contributed by atoms with E-state index in [2.05, 4.69) is 30.3 Å². The molecular weight excluding hydrogens is 222 g/mol. The Bertz CT molecular complexity index is 577. The van der Waals surface area contributed by atoms with Crippen LogP contribution in [0.3, 0.4) is 0 Å². The van der Waals surface area contributed by atoms with Gasteiger partial charge in [-0.3, -0.25) is 0 Å². The highest BCUT2D eigenvalue weighted by Gasteiger charge is 2.19. The second-order valence-corrected chi connectivity index (χ2v) is 5.04. The molecule has 2 heteroatoms. The summed E-state index contributed by atoms with van der Waals surface area (Å²) in [6.07, 6.45) is 4.66. The van der Waals surface area contributed by atoms with Crippen LogP contribution in [0.4, 0.5) is 0 Å². The third-order valence-electron chi connectivity index (χ3n) is 3.96. The van der Waals surface area contributed by atoms with E-state index < -0.39 is 0 Å². The van der Waals surface area contributed by atoms with Gasteiger partial charge in [-0.05, 0) is 41.8 Å². The SMILES string of the molecule is COc1cc2c(c3ccccc13)CCCC[C@@H]2N. The molecule has 2 aromatic rings. The van der Waals surface area contributed by atoms with Crippen LogP contribution in [-0.2, 0) is 6.42 Å². The molecule has 0 amide bonds. The minimum absolute atomic E-state index is 0.154.